The molecule has 34 heavy (non-hydrogen) atoms. The number of carbonyl (C=O) groups excluding carboxylic acids is 2. The Morgan fingerprint density at radius 1 is 1.15 bits per heavy atom. The topological polar surface area (TPSA) is 109 Å². The second-order valence-corrected chi connectivity index (χ2v) is 9.56. The van der Waals surface area contributed by atoms with Gasteiger partial charge in [-0.2, -0.15) is 5.10 Å². The number of halogens is 3. The van der Waals surface area contributed by atoms with Gasteiger partial charge in [0.2, 0.25) is 0 Å². The van der Waals surface area contributed by atoms with E-state index >= 15 is 0 Å². The molecule has 2 amide bonds. The largest absolute Gasteiger partial charge is 0.504 e. The lowest BCUT2D eigenvalue weighted by Crippen LogP contribution is -2.49. The van der Waals surface area contributed by atoms with E-state index in [0.717, 1.165) is 0 Å². The molecule has 0 heterocycles. The summed E-state index contributed by atoms with van der Waals surface area (Å²) in [5.41, 5.74) is 2.73. The Labute approximate surface area is 216 Å². The minimum atomic E-state index is -0.921. The lowest BCUT2D eigenvalue weighted by atomic mass is 10.0. The summed E-state index contributed by atoms with van der Waals surface area (Å²) in [6.07, 6.45) is 0.733. The summed E-state index contributed by atoms with van der Waals surface area (Å²) in [6.45, 7) is 5.40. The molecule has 0 radical (unpaired) electrons. The molecule has 0 bridgehead atoms. The maximum absolute atomic E-state index is 12.7. The van der Waals surface area contributed by atoms with Crippen LogP contribution in [0.3, 0.4) is 0 Å². The van der Waals surface area contributed by atoms with Crippen LogP contribution >= 0.6 is 39.1 Å². The molecule has 0 saturated heterocycles. The minimum Gasteiger partial charge on any atom is -0.504 e. The third kappa shape index (κ3) is 8.07. The van der Waals surface area contributed by atoms with Crippen molar-refractivity contribution in [3.63, 3.8) is 0 Å². The van der Waals surface area contributed by atoms with Gasteiger partial charge in [0, 0.05) is 15.1 Å². The average molecular weight is 575 g/mol. The third-order valence-corrected chi connectivity index (χ3v) is 5.56. The highest BCUT2D eigenvalue weighted by atomic mass is 79.9. The van der Waals surface area contributed by atoms with E-state index < -0.39 is 24.0 Å². The predicted octanol–water partition coefficient (Wildman–Crippen LogP) is 4.92. The summed E-state index contributed by atoms with van der Waals surface area (Å²) < 4.78 is 11.4. The van der Waals surface area contributed by atoms with Crippen LogP contribution in [0, 0.1) is 5.92 Å². The molecule has 0 aliphatic rings. The highest BCUT2D eigenvalue weighted by Gasteiger charge is 2.25. The zero-order chi connectivity index (χ0) is 25.4. The number of hydrazone groups is 1. The van der Waals surface area contributed by atoms with Crippen LogP contribution < -0.4 is 20.2 Å². The second-order valence-electron chi connectivity index (χ2n) is 7.81. The van der Waals surface area contributed by atoms with Crippen molar-refractivity contribution >= 4 is 57.2 Å². The number of carbonyl (C=O) groups is 2. The van der Waals surface area contributed by atoms with Crippen molar-refractivity contribution < 1.29 is 24.2 Å². The number of phenols is 1. The van der Waals surface area contributed by atoms with Crippen LogP contribution in [-0.4, -0.2) is 42.4 Å². The standard InChI is InChI=1S/C23H26BrCl2N3O5/c1-12(2)7-18(28-22(31)13(3)34-19-6-5-16(25)10-17(19)26)23(32)29-27-11-14-8-15(24)9-20(33-4)21(14)30/h5-6,8-13,18,30H,7H2,1-4H3,(H,28,31)(H,29,32)/b27-11-/t13-,18+/m0/s1. The number of ether oxygens (including phenoxy) is 2. The molecule has 0 aliphatic carbocycles. The fraction of sp³-hybridized carbons (Fsp3) is 0.348. The first-order chi connectivity index (χ1) is 16.0. The molecule has 2 rings (SSSR count). The van der Waals surface area contributed by atoms with Gasteiger partial charge in [-0.05, 0) is 49.6 Å². The van der Waals surface area contributed by atoms with Gasteiger partial charge < -0.3 is 19.9 Å². The molecule has 0 fully saturated rings. The maximum Gasteiger partial charge on any atom is 0.262 e. The number of benzene rings is 2. The summed E-state index contributed by atoms with van der Waals surface area (Å²) >= 11 is 15.3. The van der Waals surface area contributed by atoms with E-state index in [2.05, 4.69) is 31.8 Å². The van der Waals surface area contributed by atoms with E-state index in [0.29, 0.717) is 27.2 Å². The number of nitrogens with one attached hydrogen (secondary N) is 2. The van der Waals surface area contributed by atoms with E-state index in [-0.39, 0.29) is 22.4 Å². The first kappa shape index (κ1) is 27.8. The molecular weight excluding hydrogens is 549 g/mol. The number of rotatable bonds is 10. The molecular formula is C23H26BrCl2N3O5. The van der Waals surface area contributed by atoms with Crippen LogP contribution in [0.1, 0.15) is 32.8 Å². The van der Waals surface area contributed by atoms with Crippen molar-refractivity contribution in [2.75, 3.05) is 7.11 Å². The number of aromatic hydroxyl groups is 1. The summed E-state index contributed by atoms with van der Waals surface area (Å²) in [7, 11) is 1.43. The second kappa shape index (κ2) is 12.8. The van der Waals surface area contributed by atoms with Crippen molar-refractivity contribution in [3.8, 4) is 17.2 Å². The van der Waals surface area contributed by atoms with Crippen LogP contribution in [0.4, 0.5) is 0 Å². The van der Waals surface area contributed by atoms with Crippen molar-refractivity contribution in [3.05, 3.63) is 50.4 Å². The Hall–Kier alpha value is -2.49. The van der Waals surface area contributed by atoms with Gasteiger partial charge in [0.25, 0.3) is 11.8 Å². The fourth-order valence-electron chi connectivity index (χ4n) is 2.90. The normalized spacial score (nSPS) is 12.9. The van der Waals surface area contributed by atoms with Gasteiger partial charge >= 0.3 is 0 Å². The highest BCUT2D eigenvalue weighted by molar-refractivity contribution is 9.10. The van der Waals surface area contributed by atoms with Crippen LogP contribution in [0.2, 0.25) is 10.0 Å². The van der Waals surface area contributed by atoms with Crippen LogP contribution in [-0.2, 0) is 9.59 Å². The van der Waals surface area contributed by atoms with E-state index in [9.17, 15) is 14.7 Å². The molecule has 8 nitrogen and oxygen atoms in total. The summed E-state index contributed by atoms with van der Waals surface area (Å²) in [5.74, 6) is -0.473. The lowest BCUT2D eigenvalue weighted by molar-refractivity contribution is -0.132. The molecule has 0 aliphatic heterocycles. The molecule has 3 N–H and O–H groups in total. The SMILES string of the molecule is COc1cc(Br)cc(/C=N\NC(=O)[C@@H](CC(C)C)NC(=O)[C@H](C)Oc2ccc(Cl)cc2Cl)c1O. The molecule has 2 atom stereocenters. The molecule has 0 spiro atoms. The van der Waals surface area contributed by atoms with Gasteiger partial charge in [-0.1, -0.05) is 53.0 Å². The molecule has 0 aromatic heterocycles. The van der Waals surface area contributed by atoms with E-state index in [1.807, 2.05) is 13.8 Å². The zero-order valence-electron chi connectivity index (χ0n) is 19.1. The van der Waals surface area contributed by atoms with Crippen molar-refractivity contribution in [1.82, 2.24) is 10.7 Å². The van der Waals surface area contributed by atoms with Gasteiger partial charge in [-0.15, -0.1) is 0 Å². The fourth-order valence-corrected chi connectivity index (χ4v) is 3.81. The first-order valence-corrected chi connectivity index (χ1v) is 11.9. The quantitative estimate of drug-likeness (QED) is 0.276. The Kier molecular flexibility index (Phi) is 10.5. The zero-order valence-corrected chi connectivity index (χ0v) is 22.2. The number of methoxy groups -OCH3 is 1. The lowest BCUT2D eigenvalue weighted by Gasteiger charge is -2.22. The molecule has 11 heteroatoms. The van der Waals surface area contributed by atoms with E-state index in [1.54, 1.807) is 31.2 Å². The summed E-state index contributed by atoms with van der Waals surface area (Å²) in [4.78, 5) is 25.4. The van der Waals surface area contributed by atoms with Crippen LogP contribution in [0.5, 0.6) is 17.2 Å². The highest BCUT2D eigenvalue weighted by Crippen LogP contribution is 2.32. The third-order valence-electron chi connectivity index (χ3n) is 4.57. The van der Waals surface area contributed by atoms with Crippen LogP contribution in [0.15, 0.2) is 39.9 Å². The minimum absolute atomic E-state index is 0.111. The molecule has 2 aromatic rings. The van der Waals surface area contributed by atoms with E-state index in [4.69, 9.17) is 32.7 Å². The van der Waals surface area contributed by atoms with Gasteiger partial charge in [0.05, 0.1) is 18.3 Å². The monoisotopic (exact) mass is 573 g/mol. The smallest absolute Gasteiger partial charge is 0.262 e. The Bertz CT molecular complexity index is 1070. The molecule has 184 valence electrons. The van der Waals surface area contributed by atoms with Crippen LogP contribution in [0.25, 0.3) is 0 Å². The van der Waals surface area contributed by atoms with Gasteiger partial charge in [0.15, 0.2) is 17.6 Å². The number of hydrogen-bond donors (Lipinski definition) is 3. The van der Waals surface area contributed by atoms with Gasteiger partial charge in [-0.25, -0.2) is 5.43 Å². The molecule has 0 unspecified atom stereocenters. The molecule has 0 saturated carbocycles. The number of amides is 2. The predicted molar refractivity (Wildman–Crippen MR) is 136 cm³/mol. The number of nitrogens with zero attached hydrogens (tertiary/aromatic N) is 1. The Balaban J connectivity index is 2.06. The Morgan fingerprint density at radius 2 is 1.85 bits per heavy atom. The van der Waals surface area contributed by atoms with Crippen molar-refractivity contribution in [2.45, 2.75) is 39.3 Å². The van der Waals surface area contributed by atoms with E-state index in [1.165, 1.54) is 19.4 Å². The van der Waals surface area contributed by atoms with Gasteiger partial charge in [0.1, 0.15) is 11.8 Å². The Morgan fingerprint density at radius 3 is 2.47 bits per heavy atom. The maximum atomic E-state index is 12.7. The average Bonchev–Trinajstić information content (AvgIpc) is 2.76. The summed E-state index contributed by atoms with van der Waals surface area (Å²) in [5, 5.41) is 17.5. The summed E-state index contributed by atoms with van der Waals surface area (Å²) in [6, 6.07) is 7.02. The number of phenolic OH excluding ortho intramolecular Hbond substituents is 1. The first-order valence-electron chi connectivity index (χ1n) is 10.3. The number of hydrogen-bond acceptors (Lipinski definition) is 6. The molecule has 2 aromatic carbocycles. The van der Waals surface area contributed by atoms with Crippen molar-refractivity contribution in [2.24, 2.45) is 11.0 Å². The van der Waals surface area contributed by atoms with Crippen molar-refractivity contribution in [1.29, 1.82) is 0 Å². The van der Waals surface area contributed by atoms with Gasteiger partial charge in [-0.3, -0.25) is 9.59 Å².